The van der Waals surface area contributed by atoms with E-state index in [0.29, 0.717) is 0 Å². The Hall–Kier alpha value is -2.07. The van der Waals surface area contributed by atoms with Crippen LogP contribution in [0.4, 0.5) is 5.69 Å². The minimum absolute atomic E-state index is 0.0773. The van der Waals surface area contributed by atoms with Crippen molar-refractivity contribution < 1.29 is 4.79 Å². The number of carbonyl (C=O) groups excluding carboxylic acids is 1. The first-order valence-corrected chi connectivity index (χ1v) is 8.55. The molecular weight excluding hydrogens is 352 g/mol. The Morgan fingerprint density at radius 3 is 2.26 bits per heavy atom. The second kappa shape index (κ2) is 7.47. The predicted octanol–water partition coefficient (Wildman–Crippen LogP) is 3.81. The van der Waals surface area contributed by atoms with Gasteiger partial charge in [-0.15, -0.1) is 0 Å². The third kappa shape index (κ3) is 4.02. The molecule has 1 aliphatic rings. The average Bonchev–Trinajstić information content (AvgIpc) is 2.62. The molecule has 4 heteroatoms. The summed E-state index contributed by atoms with van der Waals surface area (Å²) >= 11 is 3.49. The molecule has 0 unspecified atom stereocenters. The molecule has 3 nitrogen and oxygen atoms in total. The van der Waals surface area contributed by atoms with E-state index in [4.69, 9.17) is 0 Å². The van der Waals surface area contributed by atoms with Crippen molar-refractivity contribution in [3.8, 4) is 0 Å². The van der Waals surface area contributed by atoms with Gasteiger partial charge in [-0.2, -0.15) is 0 Å². The third-order valence-electron chi connectivity index (χ3n) is 4.02. The summed E-state index contributed by atoms with van der Waals surface area (Å²) in [6, 6.07) is 18.2. The van der Waals surface area contributed by atoms with Gasteiger partial charge in [0, 0.05) is 42.4 Å². The number of anilines is 1. The molecule has 0 radical (unpaired) electrons. The maximum atomic E-state index is 12.3. The van der Waals surface area contributed by atoms with Gasteiger partial charge in [-0.1, -0.05) is 52.3 Å². The Morgan fingerprint density at radius 2 is 1.57 bits per heavy atom. The van der Waals surface area contributed by atoms with Crippen molar-refractivity contribution in [1.82, 2.24) is 4.90 Å². The van der Waals surface area contributed by atoms with Crippen LogP contribution in [0.3, 0.4) is 0 Å². The summed E-state index contributed by atoms with van der Waals surface area (Å²) in [5.41, 5.74) is 2.24. The quantitative estimate of drug-likeness (QED) is 0.766. The number of hydrogen-bond donors (Lipinski definition) is 0. The predicted molar refractivity (Wildman–Crippen MR) is 98.4 cm³/mol. The van der Waals surface area contributed by atoms with Crippen LogP contribution in [0, 0.1) is 0 Å². The van der Waals surface area contributed by atoms with Crippen molar-refractivity contribution in [3.63, 3.8) is 0 Å². The highest BCUT2D eigenvalue weighted by Gasteiger charge is 2.19. The van der Waals surface area contributed by atoms with Crippen molar-refractivity contribution in [3.05, 3.63) is 70.7 Å². The number of piperazine rings is 1. The van der Waals surface area contributed by atoms with E-state index < -0.39 is 0 Å². The lowest BCUT2D eigenvalue weighted by Gasteiger charge is -2.35. The van der Waals surface area contributed by atoms with Crippen molar-refractivity contribution in [2.75, 3.05) is 31.1 Å². The van der Waals surface area contributed by atoms with E-state index >= 15 is 0 Å². The zero-order chi connectivity index (χ0) is 16.1. The van der Waals surface area contributed by atoms with E-state index in [1.807, 2.05) is 53.4 Å². The number of benzene rings is 2. The highest BCUT2D eigenvalue weighted by atomic mass is 79.9. The Balaban J connectivity index is 1.57. The molecule has 0 atom stereocenters. The van der Waals surface area contributed by atoms with Gasteiger partial charge >= 0.3 is 0 Å². The van der Waals surface area contributed by atoms with Gasteiger partial charge < -0.3 is 9.80 Å². The molecule has 0 bridgehead atoms. The fraction of sp³-hybridized carbons (Fsp3) is 0.211. The smallest absolute Gasteiger partial charge is 0.246 e. The Kier molecular flexibility index (Phi) is 5.13. The molecule has 0 aromatic heterocycles. The molecule has 3 rings (SSSR count). The SMILES string of the molecule is O=C(/C=C/c1ccccc1Br)N1CCN(c2ccccc2)CC1. The van der Waals surface area contributed by atoms with E-state index in [-0.39, 0.29) is 5.91 Å². The number of amides is 1. The van der Waals surface area contributed by atoms with Gasteiger partial charge in [0.2, 0.25) is 5.91 Å². The van der Waals surface area contributed by atoms with Crippen LogP contribution in [0.25, 0.3) is 6.08 Å². The summed E-state index contributed by atoms with van der Waals surface area (Å²) in [4.78, 5) is 16.6. The summed E-state index contributed by atoms with van der Waals surface area (Å²) in [7, 11) is 0. The molecule has 1 fully saturated rings. The maximum Gasteiger partial charge on any atom is 0.246 e. The van der Waals surface area contributed by atoms with Crippen LogP contribution in [0.5, 0.6) is 0 Å². The van der Waals surface area contributed by atoms with Gasteiger partial charge in [-0.25, -0.2) is 0 Å². The Labute approximate surface area is 145 Å². The van der Waals surface area contributed by atoms with Crippen molar-refractivity contribution in [2.24, 2.45) is 0 Å². The lowest BCUT2D eigenvalue weighted by molar-refractivity contribution is -0.126. The third-order valence-corrected chi connectivity index (χ3v) is 4.75. The molecule has 1 amide bonds. The fourth-order valence-electron chi connectivity index (χ4n) is 2.70. The van der Waals surface area contributed by atoms with E-state index in [0.717, 1.165) is 36.2 Å². The summed E-state index contributed by atoms with van der Waals surface area (Å²) in [5, 5.41) is 0. The fourth-order valence-corrected chi connectivity index (χ4v) is 3.12. The van der Waals surface area contributed by atoms with E-state index in [9.17, 15) is 4.79 Å². The highest BCUT2D eigenvalue weighted by Crippen LogP contribution is 2.18. The molecule has 1 heterocycles. The minimum atomic E-state index is 0.0773. The van der Waals surface area contributed by atoms with Crippen LogP contribution in [0.15, 0.2) is 65.1 Å². The number of rotatable bonds is 3. The van der Waals surface area contributed by atoms with Crippen LogP contribution in [-0.4, -0.2) is 37.0 Å². The molecule has 23 heavy (non-hydrogen) atoms. The standard InChI is InChI=1S/C19H19BrN2O/c20-18-9-5-4-6-16(18)10-11-19(23)22-14-12-21(13-15-22)17-7-2-1-3-8-17/h1-11H,12-15H2/b11-10+. The lowest BCUT2D eigenvalue weighted by Crippen LogP contribution is -2.48. The first-order chi connectivity index (χ1) is 11.2. The van der Waals surface area contributed by atoms with Crippen LogP contribution >= 0.6 is 15.9 Å². The summed E-state index contributed by atoms with van der Waals surface area (Å²) < 4.78 is 0.998. The van der Waals surface area contributed by atoms with Crippen LogP contribution in [0.2, 0.25) is 0 Å². The van der Waals surface area contributed by atoms with Gasteiger partial charge in [-0.05, 0) is 29.8 Å². The zero-order valence-corrected chi connectivity index (χ0v) is 14.4. The normalized spacial score (nSPS) is 15.2. The molecule has 0 saturated carbocycles. The number of carbonyl (C=O) groups is 1. The van der Waals surface area contributed by atoms with Crippen molar-refractivity contribution in [1.29, 1.82) is 0 Å². The monoisotopic (exact) mass is 370 g/mol. The topological polar surface area (TPSA) is 23.6 Å². The summed E-state index contributed by atoms with van der Waals surface area (Å²) in [5.74, 6) is 0.0773. The highest BCUT2D eigenvalue weighted by molar-refractivity contribution is 9.10. The van der Waals surface area contributed by atoms with Crippen molar-refractivity contribution in [2.45, 2.75) is 0 Å². The van der Waals surface area contributed by atoms with E-state index in [1.165, 1.54) is 5.69 Å². The summed E-state index contributed by atoms with van der Waals surface area (Å²) in [6.45, 7) is 3.26. The first-order valence-electron chi connectivity index (χ1n) is 7.75. The lowest BCUT2D eigenvalue weighted by atomic mass is 10.2. The van der Waals surface area contributed by atoms with Crippen LogP contribution in [-0.2, 0) is 4.79 Å². The number of para-hydroxylation sites is 1. The first kappa shape index (κ1) is 15.8. The number of nitrogens with zero attached hydrogens (tertiary/aromatic N) is 2. The van der Waals surface area contributed by atoms with Gasteiger partial charge in [0.15, 0.2) is 0 Å². The Bertz CT molecular complexity index is 692. The number of halogens is 1. The van der Waals surface area contributed by atoms with Gasteiger partial charge in [-0.3, -0.25) is 4.79 Å². The van der Waals surface area contributed by atoms with E-state index in [1.54, 1.807) is 6.08 Å². The molecule has 1 aliphatic heterocycles. The van der Waals surface area contributed by atoms with Gasteiger partial charge in [0.25, 0.3) is 0 Å². The van der Waals surface area contributed by atoms with Crippen LogP contribution < -0.4 is 4.90 Å². The maximum absolute atomic E-state index is 12.3. The molecular formula is C19H19BrN2O. The minimum Gasteiger partial charge on any atom is -0.368 e. The molecule has 1 saturated heterocycles. The summed E-state index contributed by atoms with van der Waals surface area (Å²) in [6.07, 6.45) is 3.54. The molecule has 0 aliphatic carbocycles. The Morgan fingerprint density at radius 1 is 0.913 bits per heavy atom. The van der Waals surface area contributed by atoms with Crippen molar-refractivity contribution >= 4 is 33.6 Å². The molecule has 2 aromatic rings. The van der Waals surface area contributed by atoms with Gasteiger partial charge in [0.05, 0.1) is 0 Å². The molecule has 118 valence electrons. The van der Waals surface area contributed by atoms with Gasteiger partial charge in [0.1, 0.15) is 0 Å². The second-order valence-corrected chi connectivity index (χ2v) is 6.36. The molecule has 0 spiro atoms. The van der Waals surface area contributed by atoms with Crippen LogP contribution in [0.1, 0.15) is 5.56 Å². The largest absolute Gasteiger partial charge is 0.368 e. The second-order valence-electron chi connectivity index (χ2n) is 5.50. The molecule has 0 N–H and O–H groups in total. The van der Waals surface area contributed by atoms with E-state index in [2.05, 4.69) is 33.0 Å². The average molecular weight is 371 g/mol. The molecule has 2 aromatic carbocycles. The number of hydrogen-bond acceptors (Lipinski definition) is 2. The zero-order valence-electron chi connectivity index (χ0n) is 12.9.